The molecule has 0 amide bonds. The summed E-state index contributed by atoms with van der Waals surface area (Å²) < 4.78 is 6.71. The summed E-state index contributed by atoms with van der Waals surface area (Å²) in [5.41, 5.74) is 14.4. The zero-order valence-electron chi connectivity index (χ0n) is 35.0. The second-order valence-corrected chi connectivity index (χ2v) is 16.5. The number of nitrogens with zero attached hydrogens (tertiary/aromatic N) is 1. The van der Waals surface area contributed by atoms with E-state index in [4.69, 9.17) is 4.42 Å². The van der Waals surface area contributed by atoms with Gasteiger partial charge in [-0.15, -0.1) is 0 Å². The van der Waals surface area contributed by atoms with E-state index in [0.29, 0.717) is 0 Å². The van der Waals surface area contributed by atoms with Gasteiger partial charge in [0.05, 0.1) is 0 Å². The third-order valence-corrected chi connectivity index (χ3v) is 12.6. The summed E-state index contributed by atoms with van der Waals surface area (Å²) in [5, 5.41) is 8.64. The molecule has 1 heterocycles. The molecule has 300 valence electrons. The number of anilines is 3. The summed E-state index contributed by atoms with van der Waals surface area (Å²) in [7, 11) is 0. The Morgan fingerprint density at radius 2 is 0.750 bits per heavy atom. The van der Waals surface area contributed by atoms with Gasteiger partial charge in [-0.25, -0.2) is 0 Å². The van der Waals surface area contributed by atoms with Crippen LogP contribution in [0.25, 0.3) is 99.1 Å². The predicted molar refractivity (Wildman–Crippen MR) is 271 cm³/mol. The normalized spacial score (nSPS) is 11.4. The maximum Gasteiger partial charge on any atom is 0.143 e. The van der Waals surface area contributed by atoms with Crippen LogP contribution < -0.4 is 4.90 Å². The quantitative estimate of drug-likeness (QED) is 0.142. The average molecular weight is 816 g/mol. The first kappa shape index (κ1) is 37.3. The van der Waals surface area contributed by atoms with Gasteiger partial charge >= 0.3 is 0 Å². The highest BCUT2D eigenvalue weighted by Crippen LogP contribution is 2.44. The van der Waals surface area contributed by atoms with Crippen molar-refractivity contribution in [1.29, 1.82) is 0 Å². The molecule has 12 aromatic rings. The lowest BCUT2D eigenvalue weighted by molar-refractivity contribution is 0.632. The number of para-hydroxylation sites is 1. The Balaban J connectivity index is 0.943. The molecular weight excluding hydrogens is 775 g/mol. The van der Waals surface area contributed by atoms with Crippen LogP contribution in [0.5, 0.6) is 0 Å². The molecule has 0 saturated heterocycles. The molecule has 2 nitrogen and oxygen atoms in total. The van der Waals surface area contributed by atoms with Crippen molar-refractivity contribution >= 4 is 60.3 Å². The van der Waals surface area contributed by atoms with Gasteiger partial charge < -0.3 is 9.32 Å². The Morgan fingerprint density at radius 3 is 1.53 bits per heavy atom. The van der Waals surface area contributed by atoms with E-state index in [1.807, 2.05) is 6.07 Å². The molecular formula is C62H41NO. The van der Waals surface area contributed by atoms with Crippen LogP contribution in [0.15, 0.2) is 253 Å². The van der Waals surface area contributed by atoms with Crippen LogP contribution in [-0.2, 0) is 0 Å². The van der Waals surface area contributed by atoms with Crippen molar-refractivity contribution in [3.05, 3.63) is 249 Å². The zero-order valence-corrected chi connectivity index (χ0v) is 35.0. The molecule has 0 spiro atoms. The second kappa shape index (κ2) is 15.8. The predicted octanol–water partition coefficient (Wildman–Crippen LogP) is 17.7. The highest BCUT2D eigenvalue weighted by molar-refractivity contribution is 6.08. The standard InChI is InChI=1S/C62H41NO/c1-2-14-46(15-3-1)61-59-22-8-9-23-60(59)64-62(61)53-19-11-20-56(41-53)63(55-35-30-44(31-36-55)50-32-37-58-52(40-50)27-25-45-13-6-7-21-57(45)58)54-33-28-43(29-34-54)48-17-10-18-49(38-48)51-26-24-42-12-4-5-16-47(42)39-51/h1-41H. The molecule has 0 bridgehead atoms. The Hall–Kier alpha value is -8.46. The number of benzene rings is 11. The average Bonchev–Trinajstić information content (AvgIpc) is 3.77. The summed E-state index contributed by atoms with van der Waals surface area (Å²) >= 11 is 0. The van der Waals surface area contributed by atoms with Crippen molar-refractivity contribution in [1.82, 2.24) is 0 Å². The van der Waals surface area contributed by atoms with Gasteiger partial charge in [0, 0.05) is 33.6 Å². The van der Waals surface area contributed by atoms with Crippen molar-refractivity contribution in [2.24, 2.45) is 0 Å². The number of hydrogen-bond acceptors (Lipinski definition) is 2. The van der Waals surface area contributed by atoms with Crippen LogP contribution in [0.3, 0.4) is 0 Å². The van der Waals surface area contributed by atoms with Crippen molar-refractivity contribution in [3.8, 4) is 55.8 Å². The SMILES string of the molecule is c1ccc(-c2c(-c3cccc(N(c4ccc(-c5cccc(-c6ccc7ccccc7c6)c5)cc4)c4ccc(-c5ccc6c(ccc7ccccc76)c5)cc4)c3)oc3ccccc23)cc1. The fraction of sp³-hybridized carbons (Fsp3) is 0. The van der Waals surface area contributed by atoms with Gasteiger partial charge in [-0.1, -0.05) is 188 Å². The van der Waals surface area contributed by atoms with Crippen molar-refractivity contribution < 1.29 is 4.42 Å². The van der Waals surface area contributed by atoms with Crippen LogP contribution >= 0.6 is 0 Å². The molecule has 64 heavy (non-hydrogen) atoms. The van der Waals surface area contributed by atoms with Crippen LogP contribution in [0.1, 0.15) is 0 Å². The maximum atomic E-state index is 6.71. The van der Waals surface area contributed by atoms with E-state index in [1.165, 1.54) is 60.1 Å². The van der Waals surface area contributed by atoms with Gasteiger partial charge in [0.2, 0.25) is 0 Å². The van der Waals surface area contributed by atoms with Gasteiger partial charge in [-0.2, -0.15) is 0 Å². The molecule has 1 aromatic heterocycles. The summed E-state index contributed by atoms with van der Waals surface area (Å²) in [6.45, 7) is 0. The van der Waals surface area contributed by atoms with E-state index < -0.39 is 0 Å². The van der Waals surface area contributed by atoms with E-state index in [1.54, 1.807) is 0 Å². The fourth-order valence-electron chi connectivity index (χ4n) is 9.42. The Morgan fingerprint density at radius 1 is 0.250 bits per heavy atom. The molecule has 11 aromatic carbocycles. The minimum absolute atomic E-state index is 0.857. The van der Waals surface area contributed by atoms with Gasteiger partial charge in [0.1, 0.15) is 11.3 Å². The summed E-state index contributed by atoms with van der Waals surface area (Å²) in [4.78, 5) is 2.35. The van der Waals surface area contributed by atoms with E-state index in [9.17, 15) is 0 Å². The zero-order chi connectivity index (χ0) is 42.4. The molecule has 12 rings (SSSR count). The van der Waals surface area contributed by atoms with E-state index in [0.717, 1.165) is 56.0 Å². The number of fused-ring (bicyclic) bond motifs is 5. The van der Waals surface area contributed by atoms with E-state index in [2.05, 4.69) is 248 Å². The smallest absolute Gasteiger partial charge is 0.143 e. The third-order valence-electron chi connectivity index (χ3n) is 12.6. The Bertz CT molecular complexity index is 3660. The van der Waals surface area contributed by atoms with Gasteiger partial charge in [0.25, 0.3) is 0 Å². The molecule has 0 aliphatic rings. The topological polar surface area (TPSA) is 16.4 Å². The first-order valence-electron chi connectivity index (χ1n) is 21.9. The van der Waals surface area contributed by atoms with E-state index >= 15 is 0 Å². The van der Waals surface area contributed by atoms with Gasteiger partial charge in [-0.05, 0) is 132 Å². The van der Waals surface area contributed by atoms with Crippen molar-refractivity contribution in [2.75, 3.05) is 4.90 Å². The molecule has 0 unspecified atom stereocenters. The lowest BCUT2D eigenvalue weighted by atomic mass is 9.96. The highest BCUT2D eigenvalue weighted by atomic mass is 16.3. The van der Waals surface area contributed by atoms with Crippen LogP contribution in [0.2, 0.25) is 0 Å². The first-order chi connectivity index (χ1) is 31.7. The number of hydrogen-bond donors (Lipinski definition) is 0. The maximum absolute atomic E-state index is 6.71. The molecule has 0 saturated carbocycles. The Kier molecular flexibility index (Phi) is 9.20. The third kappa shape index (κ3) is 6.79. The first-order valence-corrected chi connectivity index (χ1v) is 21.9. The van der Waals surface area contributed by atoms with Gasteiger partial charge in [-0.3, -0.25) is 0 Å². The summed E-state index contributed by atoms with van der Waals surface area (Å²) in [5.74, 6) is 0.857. The monoisotopic (exact) mass is 815 g/mol. The van der Waals surface area contributed by atoms with Crippen LogP contribution in [0.4, 0.5) is 17.1 Å². The van der Waals surface area contributed by atoms with Crippen LogP contribution in [0, 0.1) is 0 Å². The summed E-state index contributed by atoms with van der Waals surface area (Å²) in [6.07, 6.45) is 0. The largest absolute Gasteiger partial charge is 0.455 e. The minimum atomic E-state index is 0.857. The number of rotatable bonds is 8. The lowest BCUT2D eigenvalue weighted by Crippen LogP contribution is -2.10. The van der Waals surface area contributed by atoms with Crippen LogP contribution in [-0.4, -0.2) is 0 Å². The molecule has 0 N–H and O–H groups in total. The number of furan rings is 1. The molecule has 0 fully saturated rings. The lowest BCUT2D eigenvalue weighted by Gasteiger charge is -2.26. The molecule has 0 atom stereocenters. The fourth-order valence-corrected chi connectivity index (χ4v) is 9.42. The minimum Gasteiger partial charge on any atom is -0.455 e. The van der Waals surface area contributed by atoms with Crippen molar-refractivity contribution in [3.63, 3.8) is 0 Å². The van der Waals surface area contributed by atoms with Gasteiger partial charge in [0.15, 0.2) is 0 Å². The Labute approximate surface area is 372 Å². The molecule has 0 aliphatic heterocycles. The summed E-state index contributed by atoms with van der Waals surface area (Å²) in [6, 6.07) is 89.6. The molecule has 0 aliphatic carbocycles. The molecule has 2 heteroatoms. The van der Waals surface area contributed by atoms with E-state index in [-0.39, 0.29) is 0 Å². The highest BCUT2D eigenvalue weighted by Gasteiger charge is 2.20. The van der Waals surface area contributed by atoms with Crippen molar-refractivity contribution in [2.45, 2.75) is 0 Å². The molecule has 0 radical (unpaired) electrons. The second-order valence-electron chi connectivity index (χ2n) is 16.5.